The summed E-state index contributed by atoms with van der Waals surface area (Å²) in [7, 11) is 1.62. The van der Waals surface area contributed by atoms with E-state index in [1.54, 1.807) is 19.2 Å². The van der Waals surface area contributed by atoms with Gasteiger partial charge in [0.05, 0.1) is 23.9 Å². The van der Waals surface area contributed by atoms with E-state index in [9.17, 15) is 4.79 Å². The molecule has 1 rings (SSSR count). The van der Waals surface area contributed by atoms with Crippen molar-refractivity contribution >= 4 is 27.5 Å². The Hall–Kier alpha value is -1.54. The fourth-order valence-electron chi connectivity index (χ4n) is 1.45. The quantitative estimate of drug-likeness (QED) is 0.923. The molecule has 0 saturated carbocycles. The summed E-state index contributed by atoms with van der Waals surface area (Å²) in [4.78, 5) is 13.3. The average Bonchev–Trinajstić information content (AvgIpc) is 2.35. The molecule has 0 heterocycles. The number of hydrogen-bond donors (Lipinski definition) is 1. The van der Waals surface area contributed by atoms with E-state index in [2.05, 4.69) is 27.3 Å². The first kappa shape index (κ1) is 13.5. The van der Waals surface area contributed by atoms with Crippen LogP contribution in [0.4, 0.5) is 5.69 Å². The van der Waals surface area contributed by atoms with Crippen LogP contribution in [0.2, 0.25) is 0 Å². The number of rotatable bonds is 4. The van der Waals surface area contributed by atoms with E-state index >= 15 is 0 Å². The molecule has 0 unspecified atom stereocenters. The molecule has 1 aromatic carbocycles. The number of carbonyl (C=O) groups excluding carboxylic acids is 1. The van der Waals surface area contributed by atoms with Crippen LogP contribution in [0.5, 0.6) is 0 Å². The van der Waals surface area contributed by atoms with E-state index in [1.807, 2.05) is 17.9 Å². The summed E-state index contributed by atoms with van der Waals surface area (Å²) < 4.78 is 0.822. The van der Waals surface area contributed by atoms with Gasteiger partial charge in [-0.1, -0.05) is 0 Å². The SMILES string of the molecule is CCN(CC(=O)NC)c1ccc(C#N)cc1Br. The Morgan fingerprint density at radius 1 is 1.59 bits per heavy atom. The van der Waals surface area contributed by atoms with Crippen molar-refractivity contribution in [3.05, 3.63) is 28.2 Å². The number of likely N-dealkylation sites (N-methyl/N-ethyl adjacent to an activating group) is 2. The second kappa shape index (κ2) is 6.26. The predicted molar refractivity (Wildman–Crippen MR) is 70.8 cm³/mol. The zero-order valence-electron chi connectivity index (χ0n) is 9.83. The van der Waals surface area contributed by atoms with Gasteiger partial charge in [0.15, 0.2) is 0 Å². The number of nitriles is 1. The average molecular weight is 296 g/mol. The second-order valence-corrected chi connectivity index (χ2v) is 4.32. The molecule has 0 aliphatic carbocycles. The van der Waals surface area contributed by atoms with Crippen molar-refractivity contribution in [2.45, 2.75) is 6.92 Å². The van der Waals surface area contributed by atoms with Gasteiger partial charge >= 0.3 is 0 Å². The van der Waals surface area contributed by atoms with Crippen LogP contribution >= 0.6 is 15.9 Å². The van der Waals surface area contributed by atoms with E-state index in [0.717, 1.165) is 16.7 Å². The highest BCUT2D eigenvalue weighted by Crippen LogP contribution is 2.26. The molecule has 90 valence electrons. The smallest absolute Gasteiger partial charge is 0.239 e. The maximum Gasteiger partial charge on any atom is 0.239 e. The third-order valence-corrected chi connectivity index (χ3v) is 3.05. The molecule has 0 atom stereocenters. The molecule has 1 aromatic rings. The highest BCUT2D eigenvalue weighted by molar-refractivity contribution is 9.10. The number of carbonyl (C=O) groups is 1. The van der Waals surface area contributed by atoms with Crippen molar-refractivity contribution in [3.8, 4) is 6.07 Å². The normalized spacial score (nSPS) is 9.53. The molecule has 0 radical (unpaired) electrons. The summed E-state index contributed by atoms with van der Waals surface area (Å²) in [6.45, 7) is 3.00. The Kier molecular flexibility index (Phi) is 4.98. The van der Waals surface area contributed by atoms with E-state index in [4.69, 9.17) is 5.26 Å². The van der Waals surface area contributed by atoms with Crippen LogP contribution in [0, 0.1) is 11.3 Å². The lowest BCUT2D eigenvalue weighted by Gasteiger charge is -2.23. The first-order valence-corrected chi connectivity index (χ1v) is 6.06. The molecular weight excluding hydrogens is 282 g/mol. The number of anilines is 1. The molecule has 0 fully saturated rings. The van der Waals surface area contributed by atoms with Crippen LogP contribution in [0.15, 0.2) is 22.7 Å². The highest BCUT2D eigenvalue weighted by Gasteiger charge is 2.12. The van der Waals surface area contributed by atoms with Crippen LogP contribution in [0.3, 0.4) is 0 Å². The van der Waals surface area contributed by atoms with Crippen molar-refractivity contribution in [1.29, 1.82) is 5.26 Å². The standard InChI is InChI=1S/C12H14BrN3O/c1-3-16(8-12(17)15-2)11-5-4-9(7-14)6-10(11)13/h4-6H,3,8H2,1-2H3,(H,15,17). The number of hydrogen-bond acceptors (Lipinski definition) is 3. The van der Waals surface area contributed by atoms with Gasteiger partial charge in [0.25, 0.3) is 0 Å². The van der Waals surface area contributed by atoms with Gasteiger partial charge < -0.3 is 10.2 Å². The van der Waals surface area contributed by atoms with Crippen molar-refractivity contribution in [1.82, 2.24) is 5.32 Å². The fraction of sp³-hybridized carbons (Fsp3) is 0.333. The number of nitrogens with zero attached hydrogens (tertiary/aromatic N) is 2. The highest BCUT2D eigenvalue weighted by atomic mass is 79.9. The lowest BCUT2D eigenvalue weighted by Crippen LogP contribution is -2.35. The molecule has 4 nitrogen and oxygen atoms in total. The van der Waals surface area contributed by atoms with Crippen molar-refractivity contribution in [2.24, 2.45) is 0 Å². The first-order chi connectivity index (χ1) is 8.12. The Morgan fingerprint density at radius 2 is 2.29 bits per heavy atom. The molecule has 1 N–H and O–H groups in total. The summed E-state index contributed by atoms with van der Waals surface area (Å²) in [6, 6.07) is 7.41. The topological polar surface area (TPSA) is 56.1 Å². The number of benzene rings is 1. The number of nitrogens with one attached hydrogen (secondary N) is 1. The van der Waals surface area contributed by atoms with Crippen LogP contribution in [0.25, 0.3) is 0 Å². The molecule has 0 bridgehead atoms. The van der Waals surface area contributed by atoms with E-state index in [-0.39, 0.29) is 5.91 Å². The van der Waals surface area contributed by atoms with Crippen LogP contribution in [-0.2, 0) is 4.79 Å². The minimum absolute atomic E-state index is 0.0388. The van der Waals surface area contributed by atoms with Gasteiger partial charge in [0.2, 0.25) is 5.91 Å². The summed E-state index contributed by atoms with van der Waals surface area (Å²) in [6.07, 6.45) is 0. The van der Waals surface area contributed by atoms with Gasteiger partial charge in [-0.3, -0.25) is 4.79 Å². The lowest BCUT2D eigenvalue weighted by molar-refractivity contribution is -0.119. The van der Waals surface area contributed by atoms with Crippen LogP contribution in [-0.4, -0.2) is 26.0 Å². The summed E-state index contributed by atoms with van der Waals surface area (Å²) in [5, 5.41) is 11.4. The maximum atomic E-state index is 11.4. The Morgan fingerprint density at radius 3 is 2.76 bits per heavy atom. The third kappa shape index (κ3) is 3.46. The Bertz CT molecular complexity index is 454. The van der Waals surface area contributed by atoms with Crippen molar-refractivity contribution < 1.29 is 4.79 Å². The van der Waals surface area contributed by atoms with E-state index in [0.29, 0.717) is 12.1 Å². The Labute approximate surface area is 109 Å². The van der Waals surface area contributed by atoms with Gasteiger partial charge in [-0.25, -0.2) is 0 Å². The van der Waals surface area contributed by atoms with E-state index < -0.39 is 0 Å². The second-order valence-electron chi connectivity index (χ2n) is 3.47. The molecule has 0 aliphatic heterocycles. The molecule has 0 aromatic heterocycles. The molecule has 1 amide bonds. The molecule has 0 saturated heterocycles. The molecule has 17 heavy (non-hydrogen) atoms. The van der Waals surface area contributed by atoms with Gasteiger partial charge in [0.1, 0.15) is 0 Å². The minimum Gasteiger partial charge on any atom is -0.362 e. The monoisotopic (exact) mass is 295 g/mol. The molecular formula is C12H14BrN3O. The van der Waals surface area contributed by atoms with E-state index in [1.165, 1.54) is 0 Å². The summed E-state index contributed by atoms with van der Waals surface area (Å²) >= 11 is 3.42. The van der Waals surface area contributed by atoms with Gasteiger partial charge in [-0.15, -0.1) is 0 Å². The van der Waals surface area contributed by atoms with Crippen molar-refractivity contribution in [3.63, 3.8) is 0 Å². The fourth-order valence-corrected chi connectivity index (χ4v) is 2.08. The Balaban J connectivity index is 2.97. The molecule has 0 aliphatic rings. The van der Waals surface area contributed by atoms with Gasteiger partial charge in [-0.05, 0) is 41.1 Å². The summed E-state index contributed by atoms with van der Waals surface area (Å²) in [5.41, 5.74) is 1.51. The molecule has 0 spiro atoms. The zero-order chi connectivity index (χ0) is 12.8. The third-order valence-electron chi connectivity index (χ3n) is 2.41. The number of halogens is 1. The predicted octanol–water partition coefficient (Wildman–Crippen LogP) is 1.89. The molecule has 5 heteroatoms. The largest absolute Gasteiger partial charge is 0.362 e. The van der Waals surface area contributed by atoms with Gasteiger partial charge in [-0.2, -0.15) is 5.26 Å². The van der Waals surface area contributed by atoms with Crippen LogP contribution < -0.4 is 10.2 Å². The van der Waals surface area contributed by atoms with Crippen LogP contribution in [0.1, 0.15) is 12.5 Å². The zero-order valence-corrected chi connectivity index (χ0v) is 11.4. The first-order valence-electron chi connectivity index (χ1n) is 5.27. The summed E-state index contributed by atoms with van der Waals surface area (Å²) in [5.74, 6) is -0.0388. The lowest BCUT2D eigenvalue weighted by atomic mass is 10.2. The maximum absolute atomic E-state index is 11.4. The van der Waals surface area contributed by atoms with Crippen molar-refractivity contribution in [2.75, 3.05) is 25.0 Å². The minimum atomic E-state index is -0.0388. The number of amides is 1. The van der Waals surface area contributed by atoms with Gasteiger partial charge in [0, 0.05) is 18.1 Å².